The van der Waals surface area contributed by atoms with Gasteiger partial charge in [-0.2, -0.15) is 4.91 Å². The first kappa shape index (κ1) is 13.5. The Kier molecular flexibility index (Phi) is 3.77. The molecule has 0 aliphatic carbocycles. The fraction of sp³-hybridized carbons (Fsp3) is 0.235. The van der Waals surface area contributed by atoms with Gasteiger partial charge in [-0.05, 0) is 11.1 Å². The Labute approximate surface area is 123 Å². The monoisotopic (exact) mass is 280 g/mol. The predicted molar refractivity (Wildman–Crippen MR) is 80.7 cm³/mol. The molecule has 2 aromatic rings. The van der Waals surface area contributed by atoms with Gasteiger partial charge in [-0.1, -0.05) is 65.8 Å². The second-order valence-electron chi connectivity index (χ2n) is 5.27. The van der Waals surface area contributed by atoms with Crippen molar-refractivity contribution in [2.75, 3.05) is 0 Å². The number of carbonyl (C=O) groups excluding carboxylic acids is 1. The Morgan fingerprint density at radius 2 is 1.48 bits per heavy atom. The molecule has 106 valence electrons. The standard InChI is InChI=1S/C17H16N2O2/c20-15-11-14(12-7-3-1-4-8-12)17(19-21)16(18-15)13-9-5-2-6-10-13/h1-10,14,16-17H,11H2,(H,18,20). The predicted octanol–water partition coefficient (Wildman–Crippen LogP) is 3.17. The van der Waals surface area contributed by atoms with Crippen LogP contribution in [-0.4, -0.2) is 11.9 Å². The van der Waals surface area contributed by atoms with Crippen molar-refractivity contribution in [3.05, 3.63) is 76.7 Å². The van der Waals surface area contributed by atoms with E-state index in [-0.39, 0.29) is 17.9 Å². The van der Waals surface area contributed by atoms with Gasteiger partial charge in [-0.3, -0.25) is 4.79 Å². The van der Waals surface area contributed by atoms with E-state index in [1.54, 1.807) is 0 Å². The van der Waals surface area contributed by atoms with E-state index in [1.165, 1.54) is 0 Å². The van der Waals surface area contributed by atoms with E-state index in [2.05, 4.69) is 10.5 Å². The first-order valence-corrected chi connectivity index (χ1v) is 7.01. The summed E-state index contributed by atoms with van der Waals surface area (Å²) in [5, 5.41) is 6.23. The number of rotatable bonds is 3. The van der Waals surface area contributed by atoms with Crippen molar-refractivity contribution in [1.82, 2.24) is 5.32 Å². The van der Waals surface area contributed by atoms with Crippen molar-refractivity contribution in [3.8, 4) is 0 Å². The summed E-state index contributed by atoms with van der Waals surface area (Å²) in [6, 6.07) is 18.3. The van der Waals surface area contributed by atoms with Crippen molar-refractivity contribution in [2.45, 2.75) is 24.4 Å². The minimum atomic E-state index is -0.493. The van der Waals surface area contributed by atoms with Crippen molar-refractivity contribution in [3.63, 3.8) is 0 Å². The van der Waals surface area contributed by atoms with Crippen LogP contribution in [0.15, 0.2) is 65.8 Å². The summed E-state index contributed by atoms with van der Waals surface area (Å²) in [5.74, 6) is -0.222. The summed E-state index contributed by atoms with van der Waals surface area (Å²) < 4.78 is 0. The number of amides is 1. The lowest BCUT2D eigenvalue weighted by atomic mass is 9.79. The highest BCUT2D eigenvalue weighted by atomic mass is 16.3. The van der Waals surface area contributed by atoms with Gasteiger partial charge in [-0.25, -0.2) is 0 Å². The highest BCUT2D eigenvalue weighted by Crippen LogP contribution is 2.37. The van der Waals surface area contributed by atoms with Crippen molar-refractivity contribution in [1.29, 1.82) is 0 Å². The van der Waals surface area contributed by atoms with Gasteiger partial charge in [0, 0.05) is 12.3 Å². The molecule has 3 atom stereocenters. The fourth-order valence-electron chi connectivity index (χ4n) is 2.96. The summed E-state index contributed by atoms with van der Waals surface area (Å²) >= 11 is 0. The minimum Gasteiger partial charge on any atom is -0.347 e. The molecular weight excluding hydrogens is 264 g/mol. The molecule has 3 unspecified atom stereocenters. The Morgan fingerprint density at radius 1 is 0.905 bits per heavy atom. The molecule has 0 spiro atoms. The molecule has 0 saturated carbocycles. The van der Waals surface area contributed by atoms with Crippen LogP contribution in [0.2, 0.25) is 0 Å². The number of carbonyl (C=O) groups is 1. The van der Waals surface area contributed by atoms with Gasteiger partial charge >= 0.3 is 0 Å². The minimum absolute atomic E-state index is 0.0439. The first-order chi connectivity index (χ1) is 10.3. The molecule has 1 saturated heterocycles. The number of benzene rings is 2. The molecule has 1 heterocycles. The van der Waals surface area contributed by atoms with E-state index in [9.17, 15) is 9.70 Å². The molecule has 0 aromatic heterocycles. The largest absolute Gasteiger partial charge is 0.347 e. The zero-order valence-electron chi connectivity index (χ0n) is 11.5. The molecular formula is C17H16N2O2. The summed E-state index contributed by atoms with van der Waals surface area (Å²) in [6.45, 7) is 0. The Hall–Kier alpha value is -2.49. The molecule has 1 N–H and O–H groups in total. The zero-order valence-corrected chi connectivity index (χ0v) is 11.5. The lowest BCUT2D eigenvalue weighted by molar-refractivity contribution is -0.124. The second-order valence-corrected chi connectivity index (χ2v) is 5.27. The van der Waals surface area contributed by atoms with E-state index in [0.717, 1.165) is 11.1 Å². The third-order valence-corrected chi connectivity index (χ3v) is 3.98. The van der Waals surface area contributed by atoms with Crippen LogP contribution in [0.4, 0.5) is 0 Å². The van der Waals surface area contributed by atoms with Crippen LogP contribution in [0.1, 0.15) is 29.5 Å². The zero-order chi connectivity index (χ0) is 14.7. The van der Waals surface area contributed by atoms with Crippen molar-refractivity contribution < 1.29 is 4.79 Å². The number of hydrogen-bond donors (Lipinski definition) is 1. The van der Waals surface area contributed by atoms with Crippen LogP contribution in [-0.2, 0) is 4.79 Å². The summed E-state index contributed by atoms with van der Waals surface area (Å²) in [5.41, 5.74) is 1.90. The van der Waals surface area contributed by atoms with Crippen LogP contribution in [0, 0.1) is 4.91 Å². The maximum absolute atomic E-state index is 12.0. The lowest BCUT2D eigenvalue weighted by Gasteiger charge is -2.34. The maximum Gasteiger partial charge on any atom is 0.221 e. The quantitative estimate of drug-likeness (QED) is 0.878. The van der Waals surface area contributed by atoms with E-state index in [0.29, 0.717) is 6.42 Å². The van der Waals surface area contributed by atoms with Crippen molar-refractivity contribution in [2.24, 2.45) is 5.18 Å². The maximum atomic E-state index is 12.0. The Morgan fingerprint density at radius 3 is 2.05 bits per heavy atom. The molecule has 4 nitrogen and oxygen atoms in total. The van der Waals surface area contributed by atoms with Crippen LogP contribution in [0.5, 0.6) is 0 Å². The van der Waals surface area contributed by atoms with E-state index < -0.39 is 6.04 Å². The second kappa shape index (κ2) is 5.87. The normalized spacial score (nSPS) is 25.1. The molecule has 1 aliphatic rings. The van der Waals surface area contributed by atoms with Crippen LogP contribution < -0.4 is 5.32 Å². The summed E-state index contributed by atoms with van der Waals surface area (Å²) in [4.78, 5) is 23.5. The molecule has 4 heteroatoms. The Bertz CT molecular complexity index is 576. The molecule has 1 amide bonds. The van der Waals surface area contributed by atoms with Gasteiger partial charge in [0.15, 0.2) is 0 Å². The SMILES string of the molecule is O=NC1C(c2ccccc2)CC(=O)NC1c1ccccc1. The van der Waals surface area contributed by atoms with Gasteiger partial charge in [-0.15, -0.1) is 0 Å². The average Bonchev–Trinajstić information content (AvgIpc) is 2.55. The van der Waals surface area contributed by atoms with Crippen molar-refractivity contribution >= 4 is 5.91 Å². The van der Waals surface area contributed by atoms with E-state index in [1.807, 2.05) is 60.7 Å². The third-order valence-electron chi connectivity index (χ3n) is 3.98. The van der Waals surface area contributed by atoms with Gasteiger partial charge < -0.3 is 5.32 Å². The van der Waals surface area contributed by atoms with Crippen LogP contribution in [0.25, 0.3) is 0 Å². The van der Waals surface area contributed by atoms with Gasteiger partial charge in [0.05, 0.1) is 6.04 Å². The van der Waals surface area contributed by atoms with E-state index >= 15 is 0 Å². The summed E-state index contributed by atoms with van der Waals surface area (Å²) in [7, 11) is 0. The van der Waals surface area contributed by atoms with E-state index in [4.69, 9.17) is 0 Å². The highest BCUT2D eigenvalue weighted by molar-refractivity contribution is 5.79. The van der Waals surface area contributed by atoms with Crippen LogP contribution in [0.3, 0.4) is 0 Å². The molecule has 1 aliphatic heterocycles. The molecule has 21 heavy (non-hydrogen) atoms. The number of nitroso groups, excluding NO2 is 1. The highest BCUT2D eigenvalue weighted by Gasteiger charge is 2.39. The first-order valence-electron chi connectivity index (χ1n) is 7.01. The Balaban J connectivity index is 1.98. The third kappa shape index (κ3) is 2.70. The molecule has 1 fully saturated rings. The summed E-state index contributed by atoms with van der Waals surface area (Å²) in [6.07, 6.45) is 0.295. The molecule has 0 bridgehead atoms. The molecule has 0 radical (unpaired) electrons. The molecule has 3 rings (SSSR count). The fourth-order valence-corrected chi connectivity index (χ4v) is 2.96. The number of piperidine rings is 1. The number of nitrogens with one attached hydrogen (secondary N) is 1. The lowest BCUT2D eigenvalue weighted by Crippen LogP contribution is -2.44. The van der Waals surface area contributed by atoms with Gasteiger partial charge in [0.25, 0.3) is 0 Å². The number of nitrogens with zero attached hydrogens (tertiary/aromatic N) is 1. The smallest absolute Gasteiger partial charge is 0.221 e. The van der Waals surface area contributed by atoms with Gasteiger partial charge in [0.2, 0.25) is 5.91 Å². The van der Waals surface area contributed by atoms with Gasteiger partial charge in [0.1, 0.15) is 6.04 Å². The average molecular weight is 280 g/mol. The van der Waals surface area contributed by atoms with Crippen LogP contribution >= 0.6 is 0 Å². The molecule has 2 aromatic carbocycles. The topological polar surface area (TPSA) is 58.5 Å². The number of hydrogen-bond acceptors (Lipinski definition) is 3.